The van der Waals surface area contributed by atoms with Crippen molar-refractivity contribution in [3.05, 3.63) is 18.2 Å². The summed E-state index contributed by atoms with van der Waals surface area (Å²) < 4.78 is 0. The first-order chi connectivity index (χ1) is 6.91. The van der Waals surface area contributed by atoms with Crippen LogP contribution in [0.25, 0.3) is 0 Å². The van der Waals surface area contributed by atoms with E-state index in [4.69, 9.17) is 0 Å². The van der Waals surface area contributed by atoms with Gasteiger partial charge in [-0.2, -0.15) is 0 Å². The Kier molecular flexibility index (Phi) is 5.18. The van der Waals surface area contributed by atoms with Gasteiger partial charge in [-0.25, -0.2) is 0 Å². The van der Waals surface area contributed by atoms with E-state index in [2.05, 4.69) is 58.2 Å². The number of benzene rings is 1. The molecule has 0 N–H and O–H groups in total. The first-order valence-corrected chi connectivity index (χ1v) is 11.7. The zero-order chi connectivity index (χ0) is 11.6. The average Bonchev–Trinajstić information content (AvgIpc) is 2.16. The zero-order valence-corrected chi connectivity index (χ0v) is 13.2. The second-order valence-corrected chi connectivity index (χ2v) is 11.1. The molecule has 0 unspecified atom stereocenters. The predicted octanol–water partition coefficient (Wildman–Crippen LogP) is 2.59. The first kappa shape index (κ1) is 13.6. The summed E-state index contributed by atoms with van der Waals surface area (Å²) in [4.78, 5) is 0. The van der Waals surface area contributed by atoms with E-state index >= 15 is 0 Å². The quantitative estimate of drug-likeness (QED) is 0.730. The van der Waals surface area contributed by atoms with Gasteiger partial charge in [0.2, 0.25) is 0 Å². The lowest BCUT2D eigenvalue weighted by Gasteiger charge is -2.16. The van der Waals surface area contributed by atoms with Crippen LogP contribution in [0.15, 0.2) is 12.1 Å². The molecule has 1 aromatic rings. The monoisotopic (exact) mass is 257 g/mol. The molecular weight excluding hydrogens is 237 g/mol. The van der Waals surface area contributed by atoms with Crippen LogP contribution in [-0.4, -0.2) is 40.0 Å². The van der Waals surface area contributed by atoms with Gasteiger partial charge in [0, 0.05) is 0 Å². The maximum absolute atomic E-state index is 3.61. The van der Waals surface area contributed by atoms with Crippen LogP contribution < -0.4 is 15.9 Å². The molecule has 0 atom stereocenters. The predicted molar refractivity (Wildman–Crippen MR) is 80.5 cm³/mol. The molecule has 0 aliphatic heterocycles. The zero-order valence-electron chi connectivity index (χ0n) is 10.5. The molecule has 0 bridgehead atoms. The lowest BCUT2D eigenvalue weighted by atomic mass is 10.4. The fraction of sp³-hybridized carbons (Fsp3) is 0.500. The van der Waals surface area contributed by atoms with Crippen molar-refractivity contribution in [1.82, 2.24) is 0 Å². The van der Waals surface area contributed by atoms with Crippen LogP contribution in [0.3, 0.4) is 0 Å². The van der Waals surface area contributed by atoms with Crippen LogP contribution in [0, 0.1) is 6.07 Å². The summed E-state index contributed by atoms with van der Waals surface area (Å²) in [6.45, 7) is 13.9. The van der Waals surface area contributed by atoms with E-state index in [0.29, 0.717) is 0 Å². The van der Waals surface area contributed by atoms with E-state index in [0.717, 1.165) is 0 Å². The third-order valence-electron chi connectivity index (χ3n) is 2.31. The van der Waals surface area contributed by atoms with E-state index in [9.17, 15) is 0 Å². The van der Waals surface area contributed by atoms with Crippen molar-refractivity contribution in [2.45, 2.75) is 0 Å². The van der Waals surface area contributed by atoms with Crippen LogP contribution in [0.5, 0.6) is 0 Å². The van der Waals surface area contributed by atoms with Crippen LogP contribution in [-0.2, 0) is 0 Å². The Labute approximate surface area is 98.1 Å². The molecule has 0 spiro atoms. The fourth-order valence-corrected chi connectivity index (χ4v) is 3.81. The van der Waals surface area contributed by atoms with Gasteiger partial charge in [-0.3, -0.25) is 0 Å². The summed E-state index contributed by atoms with van der Waals surface area (Å²) in [5, 5.41) is 4.44. The smallest absolute Gasteiger partial charge is 0.00171 e. The molecule has 0 aliphatic rings. The first-order valence-electron chi connectivity index (χ1n) is 5.01. The minimum absolute atomic E-state index is 0.0123. The SMILES string of the molecule is CP(C)c1[c]c(P(C)C)cc(P(C)C)c1. The maximum atomic E-state index is 3.61. The summed E-state index contributed by atoms with van der Waals surface area (Å²) in [5.41, 5.74) is 0. The molecule has 0 nitrogen and oxygen atoms in total. The minimum atomic E-state index is -0.0123. The Hall–Kier alpha value is 0.510. The second kappa shape index (κ2) is 5.72. The molecule has 15 heavy (non-hydrogen) atoms. The molecule has 1 rings (SSSR count). The Balaban J connectivity index is 3.20. The van der Waals surface area contributed by atoms with Crippen molar-refractivity contribution in [2.24, 2.45) is 0 Å². The number of hydrogen-bond donors (Lipinski definition) is 0. The minimum Gasteiger partial charge on any atom is -0.0816 e. The third kappa shape index (κ3) is 3.78. The molecule has 0 aromatic heterocycles. The number of rotatable bonds is 3. The van der Waals surface area contributed by atoms with E-state index in [1.165, 1.54) is 10.6 Å². The molecular formula is C12H20P3. The van der Waals surface area contributed by atoms with Gasteiger partial charge >= 0.3 is 0 Å². The van der Waals surface area contributed by atoms with Gasteiger partial charge in [-0.05, 0) is 74.1 Å². The van der Waals surface area contributed by atoms with Crippen molar-refractivity contribution >= 4 is 39.7 Å². The maximum Gasteiger partial charge on any atom is -0.00171 e. The van der Waals surface area contributed by atoms with E-state index in [-0.39, 0.29) is 23.8 Å². The third-order valence-corrected chi connectivity index (χ3v) is 6.01. The molecule has 1 radical (unpaired) electrons. The summed E-state index contributed by atoms with van der Waals surface area (Å²) in [7, 11) is -0.00148. The average molecular weight is 257 g/mol. The lowest BCUT2D eigenvalue weighted by molar-refractivity contribution is 1.86. The van der Waals surface area contributed by atoms with Gasteiger partial charge < -0.3 is 0 Å². The normalized spacial score (nSPS) is 11.8. The van der Waals surface area contributed by atoms with Gasteiger partial charge in [0.15, 0.2) is 0 Å². The molecule has 3 heteroatoms. The van der Waals surface area contributed by atoms with Crippen LogP contribution in [0.2, 0.25) is 0 Å². The highest BCUT2D eigenvalue weighted by Gasteiger charge is 2.08. The molecule has 0 heterocycles. The van der Waals surface area contributed by atoms with E-state index in [1.54, 1.807) is 5.30 Å². The largest absolute Gasteiger partial charge is 0.0816 e. The van der Waals surface area contributed by atoms with Gasteiger partial charge in [-0.15, -0.1) is 0 Å². The van der Waals surface area contributed by atoms with Crippen LogP contribution in [0.1, 0.15) is 0 Å². The van der Waals surface area contributed by atoms with Crippen LogP contribution >= 0.6 is 23.8 Å². The summed E-state index contributed by atoms with van der Waals surface area (Å²) >= 11 is 0. The Morgan fingerprint density at radius 3 is 1.40 bits per heavy atom. The van der Waals surface area contributed by atoms with Gasteiger partial charge in [0.25, 0.3) is 0 Å². The van der Waals surface area contributed by atoms with Gasteiger partial charge in [0.05, 0.1) is 0 Å². The van der Waals surface area contributed by atoms with E-state index in [1.807, 2.05) is 0 Å². The Bertz CT molecular complexity index is 265. The number of hydrogen-bond acceptors (Lipinski definition) is 0. The Morgan fingerprint density at radius 2 is 1.13 bits per heavy atom. The van der Waals surface area contributed by atoms with Gasteiger partial charge in [0.1, 0.15) is 0 Å². The second-order valence-electron chi connectivity index (χ2n) is 4.29. The summed E-state index contributed by atoms with van der Waals surface area (Å²) in [6, 6.07) is 8.36. The molecule has 83 valence electrons. The highest BCUT2D eigenvalue weighted by molar-refractivity contribution is 7.67. The van der Waals surface area contributed by atoms with Crippen molar-refractivity contribution < 1.29 is 0 Å². The molecule has 1 aromatic carbocycles. The summed E-state index contributed by atoms with van der Waals surface area (Å²) in [5.74, 6) is 0. The van der Waals surface area contributed by atoms with Crippen LogP contribution in [0.4, 0.5) is 0 Å². The molecule has 0 saturated heterocycles. The molecule has 0 amide bonds. The lowest BCUT2D eigenvalue weighted by Crippen LogP contribution is -2.18. The fourth-order valence-electron chi connectivity index (χ4n) is 1.27. The van der Waals surface area contributed by atoms with Crippen molar-refractivity contribution in [3.63, 3.8) is 0 Å². The standard InChI is InChI=1S/C12H20P3/c1-13(2)10-7-11(14(3)4)9-12(8-10)15(5)6/h7-8H,1-6H3. The molecule has 0 fully saturated rings. The van der Waals surface area contributed by atoms with Crippen molar-refractivity contribution in [1.29, 1.82) is 0 Å². The summed E-state index contributed by atoms with van der Waals surface area (Å²) in [6.07, 6.45) is 0. The topological polar surface area (TPSA) is 0 Å². The van der Waals surface area contributed by atoms with Crippen molar-refractivity contribution in [2.75, 3.05) is 40.0 Å². The van der Waals surface area contributed by atoms with E-state index < -0.39 is 0 Å². The van der Waals surface area contributed by atoms with Gasteiger partial charge in [-0.1, -0.05) is 23.8 Å². The highest BCUT2D eigenvalue weighted by atomic mass is 31.1. The Morgan fingerprint density at radius 1 is 0.733 bits per heavy atom. The molecule has 0 aliphatic carbocycles. The highest BCUT2D eigenvalue weighted by Crippen LogP contribution is 2.30. The molecule has 0 saturated carbocycles. The van der Waals surface area contributed by atoms with Crippen molar-refractivity contribution in [3.8, 4) is 0 Å².